The normalized spacial score (nSPS) is 18.0. The Morgan fingerprint density at radius 1 is 1.38 bits per heavy atom. The summed E-state index contributed by atoms with van der Waals surface area (Å²) < 4.78 is 6.85. The number of aryl methyl sites for hydroxylation is 3. The van der Waals surface area contributed by atoms with Crippen LogP contribution in [0.1, 0.15) is 53.7 Å². The van der Waals surface area contributed by atoms with Crippen molar-refractivity contribution in [2.24, 2.45) is 0 Å². The van der Waals surface area contributed by atoms with Crippen LogP contribution in [0.15, 0.2) is 16.8 Å². The molecule has 140 valence electrons. The third-order valence-corrected chi connectivity index (χ3v) is 4.92. The molecule has 0 radical (unpaired) electrons. The number of amides is 2. The van der Waals surface area contributed by atoms with Crippen molar-refractivity contribution in [3.05, 3.63) is 35.0 Å². The first-order valence-electron chi connectivity index (χ1n) is 9.01. The lowest BCUT2D eigenvalue weighted by atomic mass is 10.1. The van der Waals surface area contributed by atoms with Gasteiger partial charge in [0, 0.05) is 37.3 Å². The molecule has 8 heteroatoms. The Labute approximate surface area is 152 Å². The van der Waals surface area contributed by atoms with Crippen LogP contribution in [0.4, 0.5) is 0 Å². The molecule has 1 N–H and O–H groups in total. The van der Waals surface area contributed by atoms with Crippen molar-refractivity contribution in [2.75, 3.05) is 6.54 Å². The van der Waals surface area contributed by atoms with Gasteiger partial charge in [0.15, 0.2) is 0 Å². The van der Waals surface area contributed by atoms with Crippen molar-refractivity contribution in [2.45, 2.75) is 59.2 Å². The van der Waals surface area contributed by atoms with E-state index >= 15 is 0 Å². The zero-order valence-corrected chi connectivity index (χ0v) is 15.5. The molecule has 1 aliphatic rings. The molecule has 8 nitrogen and oxygen atoms in total. The fraction of sp³-hybridized carbons (Fsp3) is 0.556. The molecule has 1 saturated heterocycles. The lowest BCUT2D eigenvalue weighted by Gasteiger charge is -2.21. The van der Waals surface area contributed by atoms with E-state index in [2.05, 4.69) is 15.6 Å². The predicted octanol–water partition coefficient (Wildman–Crippen LogP) is 1.82. The molecule has 2 aromatic heterocycles. The number of hydrogen-bond acceptors (Lipinski definition) is 5. The van der Waals surface area contributed by atoms with Gasteiger partial charge in [0.1, 0.15) is 11.5 Å². The maximum atomic E-state index is 12.5. The summed E-state index contributed by atoms with van der Waals surface area (Å²) in [7, 11) is 0. The number of nitrogens with one attached hydrogen (secondary N) is 1. The average molecular weight is 359 g/mol. The summed E-state index contributed by atoms with van der Waals surface area (Å²) in [5.41, 5.74) is 2.33. The van der Waals surface area contributed by atoms with E-state index in [1.54, 1.807) is 16.9 Å². The number of rotatable bonds is 5. The van der Waals surface area contributed by atoms with Crippen LogP contribution in [-0.4, -0.2) is 44.2 Å². The van der Waals surface area contributed by atoms with Crippen LogP contribution in [0, 0.1) is 13.8 Å². The fourth-order valence-electron chi connectivity index (χ4n) is 3.30. The second kappa shape index (κ2) is 7.72. The number of nitrogens with zero attached hydrogens (tertiary/aromatic N) is 4. The molecule has 26 heavy (non-hydrogen) atoms. The van der Waals surface area contributed by atoms with Crippen LogP contribution >= 0.6 is 0 Å². The second-order valence-electron chi connectivity index (χ2n) is 6.65. The Balaban J connectivity index is 1.62. The van der Waals surface area contributed by atoms with Gasteiger partial charge in [0.05, 0.1) is 12.2 Å². The SMILES string of the molecule is CCn1nccc1C(=O)NC1CCC(=O)N(Cc2c(C)noc2C)CC1. The largest absolute Gasteiger partial charge is 0.361 e. The minimum Gasteiger partial charge on any atom is -0.361 e. The van der Waals surface area contributed by atoms with Gasteiger partial charge < -0.3 is 14.7 Å². The molecular formula is C18H25N5O3. The molecule has 0 saturated carbocycles. The number of carbonyl (C=O) groups excluding carboxylic acids is 2. The number of likely N-dealkylation sites (tertiary alicyclic amines) is 1. The van der Waals surface area contributed by atoms with Crippen LogP contribution in [-0.2, 0) is 17.9 Å². The third-order valence-electron chi connectivity index (χ3n) is 4.92. The Hall–Kier alpha value is -2.64. The molecule has 1 unspecified atom stereocenters. The smallest absolute Gasteiger partial charge is 0.269 e. The monoisotopic (exact) mass is 359 g/mol. The zero-order valence-electron chi connectivity index (χ0n) is 15.5. The molecule has 1 atom stereocenters. The van der Waals surface area contributed by atoms with E-state index in [9.17, 15) is 9.59 Å². The van der Waals surface area contributed by atoms with E-state index in [1.807, 2.05) is 25.7 Å². The highest BCUT2D eigenvalue weighted by Gasteiger charge is 2.26. The lowest BCUT2D eigenvalue weighted by molar-refractivity contribution is -0.131. The first-order valence-corrected chi connectivity index (χ1v) is 9.01. The van der Waals surface area contributed by atoms with Gasteiger partial charge in [-0.3, -0.25) is 14.3 Å². The van der Waals surface area contributed by atoms with E-state index in [4.69, 9.17) is 4.52 Å². The van der Waals surface area contributed by atoms with Gasteiger partial charge in [-0.2, -0.15) is 5.10 Å². The fourth-order valence-corrected chi connectivity index (χ4v) is 3.30. The number of aromatic nitrogens is 3. The Morgan fingerprint density at radius 2 is 2.19 bits per heavy atom. The van der Waals surface area contributed by atoms with Crippen molar-refractivity contribution in [3.63, 3.8) is 0 Å². The molecular weight excluding hydrogens is 334 g/mol. The Morgan fingerprint density at radius 3 is 2.88 bits per heavy atom. The summed E-state index contributed by atoms with van der Waals surface area (Å²) in [6.45, 7) is 7.43. The summed E-state index contributed by atoms with van der Waals surface area (Å²) in [6, 6.07) is 1.69. The van der Waals surface area contributed by atoms with E-state index in [1.165, 1.54) is 0 Å². The zero-order chi connectivity index (χ0) is 18.7. The average Bonchev–Trinajstić information content (AvgIpc) is 3.18. The minimum atomic E-state index is -0.138. The molecule has 0 spiro atoms. The van der Waals surface area contributed by atoms with Gasteiger partial charge in [-0.05, 0) is 39.7 Å². The Kier molecular flexibility index (Phi) is 5.39. The highest BCUT2D eigenvalue weighted by atomic mass is 16.5. The van der Waals surface area contributed by atoms with Crippen molar-refractivity contribution >= 4 is 11.8 Å². The van der Waals surface area contributed by atoms with Gasteiger partial charge in [-0.15, -0.1) is 0 Å². The van der Waals surface area contributed by atoms with Crippen molar-refractivity contribution in [3.8, 4) is 0 Å². The first-order chi connectivity index (χ1) is 12.5. The molecule has 0 aliphatic carbocycles. The van der Waals surface area contributed by atoms with Crippen LogP contribution in [0.3, 0.4) is 0 Å². The minimum absolute atomic E-state index is 0.0266. The van der Waals surface area contributed by atoms with E-state index in [-0.39, 0.29) is 17.9 Å². The third kappa shape index (κ3) is 3.79. The first kappa shape index (κ1) is 18.2. The van der Waals surface area contributed by atoms with Gasteiger partial charge in [-0.1, -0.05) is 5.16 Å². The summed E-state index contributed by atoms with van der Waals surface area (Å²) in [5.74, 6) is 0.707. The molecule has 0 bridgehead atoms. The van der Waals surface area contributed by atoms with Crippen LogP contribution < -0.4 is 5.32 Å². The molecule has 3 rings (SSSR count). The summed E-state index contributed by atoms with van der Waals surface area (Å²) in [5, 5.41) is 11.1. The van der Waals surface area contributed by atoms with Crippen molar-refractivity contribution < 1.29 is 14.1 Å². The highest BCUT2D eigenvalue weighted by molar-refractivity contribution is 5.92. The number of carbonyl (C=O) groups is 2. The van der Waals surface area contributed by atoms with Gasteiger partial charge in [0.25, 0.3) is 5.91 Å². The van der Waals surface area contributed by atoms with Crippen LogP contribution in [0.2, 0.25) is 0 Å². The summed E-state index contributed by atoms with van der Waals surface area (Å²) >= 11 is 0. The van der Waals surface area contributed by atoms with Gasteiger partial charge in [0.2, 0.25) is 5.91 Å². The molecule has 1 fully saturated rings. The van der Waals surface area contributed by atoms with Crippen molar-refractivity contribution in [1.82, 2.24) is 25.2 Å². The van der Waals surface area contributed by atoms with Crippen LogP contribution in [0.25, 0.3) is 0 Å². The van der Waals surface area contributed by atoms with Crippen molar-refractivity contribution in [1.29, 1.82) is 0 Å². The van der Waals surface area contributed by atoms with E-state index in [0.717, 1.165) is 23.4 Å². The highest BCUT2D eigenvalue weighted by Crippen LogP contribution is 2.19. The van der Waals surface area contributed by atoms with Gasteiger partial charge >= 0.3 is 0 Å². The molecule has 1 aliphatic heterocycles. The molecule has 3 heterocycles. The van der Waals surface area contributed by atoms with Gasteiger partial charge in [-0.25, -0.2) is 0 Å². The van der Waals surface area contributed by atoms with Crippen LogP contribution in [0.5, 0.6) is 0 Å². The standard InChI is InChI=1S/C18H25N5O3/c1-4-23-16(7-9-19-23)18(25)20-14-5-6-17(24)22(10-8-14)11-15-12(2)21-26-13(15)3/h7,9,14H,4-6,8,10-11H2,1-3H3,(H,20,25). The predicted molar refractivity (Wildman–Crippen MR) is 94.4 cm³/mol. The Bertz CT molecular complexity index is 775. The lowest BCUT2D eigenvalue weighted by Crippen LogP contribution is -2.37. The number of hydrogen-bond donors (Lipinski definition) is 1. The van der Waals surface area contributed by atoms with E-state index < -0.39 is 0 Å². The maximum absolute atomic E-state index is 12.5. The quantitative estimate of drug-likeness (QED) is 0.879. The summed E-state index contributed by atoms with van der Waals surface area (Å²) in [4.78, 5) is 26.8. The molecule has 2 amide bonds. The second-order valence-corrected chi connectivity index (χ2v) is 6.65. The maximum Gasteiger partial charge on any atom is 0.269 e. The summed E-state index contributed by atoms with van der Waals surface area (Å²) in [6.07, 6.45) is 3.41. The van der Waals surface area contributed by atoms with E-state index in [0.29, 0.717) is 38.2 Å². The topological polar surface area (TPSA) is 93.3 Å². The molecule has 0 aromatic carbocycles. The molecule has 2 aromatic rings.